The van der Waals surface area contributed by atoms with Gasteiger partial charge in [0, 0.05) is 19.2 Å². The van der Waals surface area contributed by atoms with Gasteiger partial charge in [-0.1, -0.05) is 6.07 Å². The molecule has 0 radical (unpaired) electrons. The molecule has 1 unspecified atom stereocenters. The van der Waals surface area contributed by atoms with Gasteiger partial charge in [-0.25, -0.2) is 9.78 Å². The number of urea groups is 1. The number of alkyl halides is 3. The lowest BCUT2D eigenvalue weighted by Crippen LogP contribution is -2.49. The molecule has 2 aromatic rings. The Labute approximate surface area is 222 Å². The molecule has 39 heavy (non-hydrogen) atoms. The molecule has 0 saturated carbocycles. The maximum atomic E-state index is 13.4. The molecule has 2 aromatic heterocycles. The highest BCUT2D eigenvalue weighted by atomic mass is 19.4. The zero-order valence-corrected chi connectivity index (χ0v) is 21.6. The molecule has 2 saturated heterocycles. The summed E-state index contributed by atoms with van der Waals surface area (Å²) in [7, 11) is 0. The first kappa shape index (κ1) is 26.9. The molecule has 3 aliphatic rings. The molecule has 5 rings (SSSR count). The number of carbonyl (C=O) groups is 2. The molecule has 2 N–H and O–H groups in total. The number of carbonyl (C=O) groups excluding carboxylic acids is 2. The van der Waals surface area contributed by atoms with E-state index < -0.39 is 29.9 Å². The van der Waals surface area contributed by atoms with Crippen LogP contribution in [0.2, 0.25) is 0 Å². The van der Waals surface area contributed by atoms with Crippen LogP contribution in [0.25, 0.3) is 0 Å². The van der Waals surface area contributed by atoms with Gasteiger partial charge in [-0.15, -0.1) is 0 Å². The van der Waals surface area contributed by atoms with Gasteiger partial charge >= 0.3 is 12.2 Å². The molecule has 14 heteroatoms. The second kappa shape index (κ2) is 10.2. The number of ether oxygens (including phenoxy) is 3. The number of anilines is 3. The van der Waals surface area contributed by atoms with E-state index in [1.807, 2.05) is 24.1 Å². The summed E-state index contributed by atoms with van der Waals surface area (Å²) >= 11 is 0. The van der Waals surface area contributed by atoms with E-state index in [1.165, 1.54) is 11.0 Å². The molecule has 3 amide bonds. The molecule has 3 aliphatic heterocycles. The number of aromatic nitrogens is 2. The predicted octanol–water partition coefficient (Wildman–Crippen LogP) is 3.32. The number of nitrogens with zero attached hydrogens (tertiary/aromatic N) is 4. The molecule has 11 nitrogen and oxygen atoms in total. The van der Waals surface area contributed by atoms with Gasteiger partial charge in [-0.3, -0.25) is 15.0 Å². The minimum atomic E-state index is -4.60. The first-order chi connectivity index (χ1) is 18.4. The summed E-state index contributed by atoms with van der Waals surface area (Å²) in [6.07, 6.45) is -4.19. The average Bonchev–Trinajstić information content (AvgIpc) is 3.45. The Morgan fingerprint density at radius 3 is 2.74 bits per heavy atom. The molecular formula is C25H29F3N6O5. The summed E-state index contributed by atoms with van der Waals surface area (Å²) in [5.74, 6) is -0.952. The molecule has 0 aromatic carbocycles. The van der Waals surface area contributed by atoms with Crippen molar-refractivity contribution in [2.24, 2.45) is 0 Å². The van der Waals surface area contributed by atoms with Crippen molar-refractivity contribution in [3.05, 3.63) is 36.0 Å². The summed E-state index contributed by atoms with van der Waals surface area (Å²) in [6.45, 7) is 6.32. The maximum Gasteiger partial charge on any atom is 0.408 e. The van der Waals surface area contributed by atoms with Gasteiger partial charge in [0.2, 0.25) is 5.88 Å². The Hall–Kier alpha value is -3.65. The zero-order valence-electron chi connectivity index (χ0n) is 21.6. The minimum Gasteiger partial charge on any atom is -0.475 e. The third-order valence-electron chi connectivity index (χ3n) is 6.68. The van der Waals surface area contributed by atoms with Gasteiger partial charge in [0.25, 0.3) is 5.91 Å². The van der Waals surface area contributed by atoms with Crippen LogP contribution in [0.15, 0.2) is 30.3 Å². The minimum absolute atomic E-state index is 0.196. The second-order valence-electron chi connectivity index (χ2n) is 10.1. The third kappa shape index (κ3) is 5.86. The van der Waals surface area contributed by atoms with E-state index in [9.17, 15) is 22.8 Å². The average molecular weight is 551 g/mol. The van der Waals surface area contributed by atoms with E-state index in [4.69, 9.17) is 14.2 Å². The van der Waals surface area contributed by atoms with Crippen LogP contribution in [0.1, 0.15) is 37.7 Å². The number of nitrogens with one attached hydrogen (secondary N) is 2. The van der Waals surface area contributed by atoms with Gasteiger partial charge < -0.3 is 24.4 Å². The molecule has 210 valence electrons. The van der Waals surface area contributed by atoms with E-state index >= 15 is 0 Å². The van der Waals surface area contributed by atoms with Crippen molar-refractivity contribution < 1.29 is 37.0 Å². The molecule has 2 bridgehead atoms. The Balaban J connectivity index is 1.31. The van der Waals surface area contributed by atoms with Crippen molar-refractivity contribution in [3.63, 3.8) is 0 Å². The number of rotatable bonds is 6. The molecule has 5 heterocycles. The van der Waals surface area contributed by atoms with Crippen molar-refractivity contribution in [1.29, 1.82) is 0 Å². The topological polar surface area (TPSA) is 118 Å². The standard InChI is InChI=1S/C25H29F3N6O5/c1-14(25(26,27)28)29-22(35)17-7-8-18-21(30-17)34(15-9-10-33(18)11-15)23(36)32-19-5-4-6-20(31-19)37-12-16-13-38-24(2,3)39-16/h4-8,14-16H,9-13H2,1-3H3,(H,29,35)(H,31,32,36)/t14?,15-,16+/m0/s1. The second-order valence-corrected chi connectivity index (χ2v) is 10.1. The monoisotopic (exact) mass is 550 g/mol. The summed E-state index contributed by atoms with van der Waals surface area (Å²) in [5, 5.41) is 4.66. The predicted molar refractivity (Wildman–Crippen MR) is 134 cm³/mol. The van der Waals surface area contributed by atoms with Crippen molar-refractivity contribution >= 4 is 29.3 Å². The maximum absolute atomic E-state index is 13.4. The lowest BCUT2D eigenvalue weighted by molar-refractivity contribution is -0.149. The fraction of sp³-hybridized carbons (Fsp3) is 0.520. The highest BCUT2D eigenvalue weighted by Gasteiger charge is 2.41. The Morgan fingerprint density at radius 1 is 1.23 bits per heavy atom. The van der Waals surface area contributed by atoms with Gasteiger partial charge in [0.05, 0.1) is 18.3 Å². The lowest BCUT2D eigenvalue weighted by atomic mass is 10.1. The van der Waals surface area contributed by atoms with E-state index in [2.05, 4.69) is 15.3 Å². The van der Waals surface area contributed by atoms with Crippen LogP contribution in [0.5, 0.6) is 5.88 Å². The lowest BCUT2D eigenvalue weighted by Gasteiger charge is -2.35. The molecular weight excluding hydrogens is 521 g/mol. The Morgan fingerprint density at radius 2 is 2.03 bits per heavy atom. The van der Waals surface area contributed by atoms with Crippen molar-refractivity contribution in [2.75, 3.05) is 41.4 Å². The molecule has 0 aliphatic carbocycles. The fourth-order valence-corrected chi connectivity index (χ4v) is 4.71. The molecule has 0 spiro atoms. The van der Waals surface area contributed by atoms with Crippen molar-refractivity contribution in [2.45, 2.75) is 57.3 Å². The quantitative estimate of drug-likeness (QED) is 0.563. The summed E-state index contributed by atoms with van der Waals surface area (Å²) in [5.41, 5.74) is 0.394. The van der Waals surface area contributed by atoms with Crippen LogP contribution < -0.4 is 25.2 Å². The highest BCUT2D eigenvalue weighted by molar-refractivity contribution is 6.05. The van der Waals surface area contributed by atoms with Gasteiger partial charge in [0.1, 0.15) is 30.3 Å². The summed E-state index contributed by atoms with van der Waals surface area (Å²) < 4.78 is 55.8. The number of fused-ring (bicyclic) bond motifs is 4. The third-order valence-corrected chi connectivity index (χ3v) is 6.68. The molecule has 2 fully saturated rings. The SMILES string of the molecule is CC(NC(=O)c1ccc2c(n1)N(C(=O)Nc1cccc(OC[C@@H]3COC(C)(C)O3)n1)[C@H]1CCN2C1)C(F)(F)F. The number of amides is 3. The number of hydrogen-bond acceptors (Lipinski definition) is 8. The Kier molecular flexibility index (Phi) is 7.01. The summed E-state index contributed by atoms with van der Waals surface area (Å²) in [6, 6.07) is 5.06. The van der Waals surface area contributed by atoms with E-state index in [0.29, 0.717) is 31.8 Å². The first-order valence-corrected chi connectivity index (χ1v) is 12.5. The normalized spacial score (nSPS) is 22.3. The van der Waals surface area contributed by atoms with E-state index in [1.54, 1.807) is 24.3 Å². The van der Waals surface area contributed by atoms with Crippen LogP contribution in [0, 0.1) is 0 Å². The van der Waals surface area contributed by atoms with Gasteiger partial charge in [-0.2, -0.15) is 18.2 Å². The Bertz CT molecular complexity index is 1260. The van der Waals surface area contributed by atoms with Crippen molar-refractivity contribution in [1.82, 2.24) is 15.3 Å². The highest BCUT2D eigenvalue weighted by Crippen LogP contribution is 2.39. The smallest absolute Gasteiger partial charge is 0.408 e. The van der Waals surface area contributed by atoms with Crippen LogP contribution in [-0.2, 0) is 9.47 Å². The van der Waals surface area contributed by atoms with Gasteiger partial charge in [0.15, 0.2) is 11.6 Å². The molecule has 3 atom stereocenters. The zero-order chi connectivity index (χ0) is 27.9. The number of halogens is 3. The van der Waals surface area contributed by atoms with Gasteiger partial charge in [-0.05, 0) is 45.4 Å². The summed E-state index contributed by atoms with van der Waals surface area (Å²) in [4.78, 5) is 38.1. The first-order valence-electron chi connectivity index (χ1n) is 12.5. The number of hydrogen-bond donors (Lipinski definition) is 2. The largest absolute Gasteiger partial charge is 0.475 e. The number of pyridine rings is 2. The van der Waals surface area contributed by atoms with Crippen LogP contribution >= 0.6 is 0 Å². The fourth-order valence-electron chi connectivity index (χ4n) is 4.71. The van der Waals surface area contributed by atoms with E-state index in [0.717, 1.165) is 6.92 Å². The van der Waals surface area contributed by atoms with Crippen LogP contribution in [-0.4, -0.2) is 78.4 Å². The van der Waals surface area contributed by atoms with Crippen LogP contribution in [0.3, 0.4) is 0 Å². The van der Waals surface area contributed by atoms with E-state index in [-0.39, 0.29) is 42.0 Å². The van der Waals surface area contributed by atoms with Crippen molar-refractivity contribution in [3.8, 4) is 5.88 Å². The van der Waals surface area contributed by atoms with Crippen LogP contribution in [0.4, 0.5) is 35.3 Å².